The maximum atomic E-state index is 5.77. The number of aryl methyl sites for hydroxylation is 1. The van der Waals surface area contributed by atoms with E-state index in [0.717, 1.165) is 22.8 Å². The first-order valence-electron chi connectivity index (χ1n) is 5.00. The smallest absolute Gasteiger partial charge is 0.153 e. The molecule has 1 N–H and O–H groups in total. The van der Waals surface area contributed by atoms with Crippen LogP contribution < -0.4 is 5.32 Å². The van der Waals surface area contributed by atoms with Gasteiger partial charge in [0, 0.05) is 11.6 Å². The number of nitrogens with zero attached hydrogens (tertiary/aromatic N) is 2. The van der Waals surface area contributed by atoms with E-state index in [-0.39, 0.29) is 0 Å². The van der Waals surface area contributed by atoms with E-state index < -0.39 is 0 Å². The maximum absolute atomic E-state index is 5.77. The summed E-state index contributed by atoms with van der Waals surface area (Å²) in [5.41, 5.74) is 2.95. The fourth-order valence-electron chi connectivity index (χ4n) is 1.35. The molecule has 82 valence electrons. The van der Waals surface area contributed by atoms with E-state index >= 15 is 0 Å². The van der Waals surface area contributed by atoms with Crippen molar-refractivity contribution in [3.63, 3.8) is 0 Å². The zero-order valence-electron chi connectivity index (χ0n) is 8.94. The molecule has 0 amide bonds. The molecule has 0 atom stereocenters. The molecule has 0 aliphatic rings. The minimum atomic E-state index is 0.509. The van der Waals surface area contributed by atoms with Crippen LogP contribution in [-0.4, -0.2) is 10.2 Å². The average molecular weight is 234 g/mol. The average Bonchev–Trinajstić information content (AvgIpc) is 2.32. The van der Waals surface area contributed by atoms with Gasteiger partial charge in [-0.3, -0.25) is 0 Å². The molecule has 1 aromatic carbocycles. The van der Waals surface area contributed by atoms with Gasteiger partial charge in [-0.25, -0.2) is 0 Å². The van der Waals surface area contributed by atoms with Crippen molar-refractivity contribution in [3.8, 4) is 0 Å². The van der Waals surface area contributed by atoms with Gasteiger partial charge in [-0.1, -0.05) is 12.1 Å². The van der Waals surface area contributed by atoms with Gasteiger partial charge >= 0.3 is 0 Å². The molecule has 1 heterocycles. The molecule has 0 fully saturated rings. The number of benzene rings is 1. The normalized spacial score (nSPS) is 10.1. The summed E-state index contributed by atoms with van der Waals surface area (Å²) in [7, 11) is 0. The SMILES string of the molecule is Cc1ccc(Nc2cccc(CCl)c2)nn1. The summed E-state index contributed by atoms with van der Waals surface area (Å²) in [6.45, 7) is 1.91. The first-order valence-corrected chi connectivity index (χ1v) is 5.53. The lowest BCUT2D eigenvalue weighted by Gasteiger charge is -2.05. The maximum Gasteiger partial charge on any atom is 0.153 e. The largest absolute Gasteiger partial charge is 0.339 e. The van der Waals surface area contributed by atoms with Gasteiger partial charge in [-0.15, -0.1) is 16.7 Å². The Morgan fingerprint density at radius 1 is 1.19 bits per heavy atom. The van der Waals surface area contributed by atoms with Crippen LogP contribution in [0.3, 0.4) is 0 Å². The van der Waals surface area contributed by atoms with Gasteiger partial charge in [-0.2, -0.15) is 5.10 Å². The number of anilines is 2. The standard InChI is InChI=1S/C12H12ClN3/c1-9-5-6-12(16-15-9)14-11-4-2-3-10(7-11)8-13/h2-7H,8H2,1H3,(H,14,16). The number of alkyl halides is 1. The van der Waals surface area contributed by atoms with E-state index in [1.165, 1.54) is 0 Å². The van der Waals surface area contributed by atoms with E-state index in [9.17, 15) is 0 Å². The fourth-order valence-corrected chi connectivity index (χ4v) is 1.51. The molecule has 0 aliphatic heterocycles. The Bertz CT molecular complexity index is 468. The van der Waals surface area contributed by atoms with E-state index in [1.54, 1.807) is 0 Å². The second-order valence-corrected chi connectivity index (χ2v) is 3.79. The molecule has 16 heavy (non-hydrogen) atoms. The molecular weight excluding hydrogens is 222 g/mol. The molecule has 0 saturated carbocycles. The molecular formula is C12H12ClN3. The Balaban J connectivity index is 2.16. The van der Waals surface area contributed by atoms with Crippen molar-refractivity contribution < 1.29 is 0 Å². The molecule has 0 bridgehead atoms. The van der Waals surface area contributed by atoms with Crippen molar-refractivity contribution in [3.05, 3.63) is 47.7 Å². The van der Waals surface area contributed by atoms with Crippen molar-refractivity contribution >= 4 is 23.1 Å². The Morgan fingerprint density at radius 3 is 2.75 bits per heavy atom. The van der Waals surface area contributed by atoms with Crippen LogP contribution in [0.15, 0.2) is 36.4 Å². The number of nitrogens with one attached hydrogen (secondary N) is 1. The van der Waals surface area contributed by atoms with Gasteiger partial charge in [0.15, 0.2) is 5.82 Å². The fraction of sp³-hybridized carbons (Fsp3) is 0.167. The number of hydrogen-bond acceptors (Lipinski definition) is 3. The van der Waals surface area contributed by atoms with Gasteiger partial charge in [0.25, 0.3) is 0 Å². The van der Waals surface area contributed by atoms with Gasteiger partial charge in [-0.05, 0) is 36.8 Å². The highest BCUT2D eigenvalue weighted by Gasteiger charge is 1.97. The molecule has 4 heteroatoms. The second kappa shape index (κ2) is 4.94. The highest BCUT2D eigenvalue weighted by molar-refractivity contribution is 6.17. The predicted molar refractivity (Wildman–Crippen MR) is 66.1 cm³/mol. The number of rotatable bonds is 3. The Labute approximate surface area is 99.5 Å². The molecule has 0 radical (unpaired) electrons. The second-order valence-electron chi connectivity index (χ2n) is 3.52. The summed E-state index contributed by atoms with van der Waals surface area (Å²) < 4.78 is 0. The van der Waals surface area contributed by atoms with Gasteiger partial charge in [0.1, 0.15) is 0 Å². The third-order valence-electron chi connectivity index (χ3n) is 2.15. The number of aromatic nitrogens is 2. The van der Waals surface area contributed by atoms with Crippen LogP contribution in [0.2, 0.25) is 0 Å². The highest BCUT2D eigenvalue weighted by Crippen LogP contribution is 2.16. The van der Waals surface area contributed by atoms with E-state index in [1.807, 2.05) is 43.3 Å². The lowest BCUT2D eigenvalue weighted by atomic mass is 10.2. The Morgan fingerprint density at radius 2 is 2.06 bits per heavy atom. The minimum absolute atomic E-state index is 0.509. The van der Waals surface area contributed by atoms with Crippen LogP contribution in [0, 0.1) is 6.92 Å². The molecule has 0 aliphatic carbocycles. The van der Waals surface area contributed by atoms with Crippen LogP contribution in [0.25, 0.3) is 0 Å². The minimum Gasteiger partial charge on any atom is -0.339 e. The quantitative estimate of drug-likeness (QED) is 0.827. The van der Waals surface area contributed by atoms with Gasteiger partial charge in [0.05, 0.1) is 5.69 Å². The van der Waals surface area contributed by atoms with Crippen molar-refractivity contribution in [2.45, 2.75) is 12.8 Å². The topological polar surface area (TPSA) is 37.8 Å². The molecule has 2 aromatic rings. The van der Waals surface area contributed by atoms with Crippen LogP contribution in [0.5, 0.6) is 0 Å². The van der Waals surface area contributed by atoms with Crippen molar-refractivity contribution in [2.24, 2.45) is 0 Å². The zero-order chi connectivity index (χ0) is 11.4. The van der Waals surface area contributed by atoms with Crippen LogP contribution in [0.4, 0.5) is 11.5 Å². The van der Waals surface area contributed by atoms with E-state index in [2.05, 4.69) is 15.5 Å². The lowest BCUT2D eigenvalue weighted by Crippen LogP contribution is -1.96. The van der Waals surface area contributed by atoms with Crippen molar-refractivity contribution in [1.82, 2.24) is 10.2 Å². The molecule has 3 nitrogen and oxygen atoms in total. The zero-order valence-corrected chi connectivity index (χ0v) is 9.70. The third kappa shape index (κ3) is 2.70. The summed E-state index contributed by atoms with van der Waals surface area (Å²) in [5, 5.41) is 11.2. The highest BCUT2D eigenvalue weighted by atomic mass is 35.5. The molecule has 0 unspecified atom stereocenters. The Kier molecular flexibility index (Phi) is 3.37. The summed E-state index contributed by atoms with van der Waals surface area (Å²) >= 11 is 5.77. The van der Waals surface area contributed by atoms with Crippen LogP contribution in [0.1, 0.15) is 11.3 Å². The van der Waals surface area contributed by atoms with Gasteiger partial charge in [0.2, 0.25) is 0 Å². The summed E-state index contributed by atoms with van der Waals surface area (Å²) in [4.78, 5) is 0. The number of halogens is 1. The van der Waals surface area contributed by atoms with Crippen LogP contribution in [-0.2, 0) is 5.88 Å². The summed E-state index contributed by atoms with van der Waals surface area (Å²) in [6, 6.07) is 11.7. The third-order valence-corrected chi connectivity index (χ3v) is 2.46. The van der Waals surface area contributed by atoms with Crippen LogP contribution >= 0.6 is 11.6 Å². The van der Waals surface area contributed by atoms with Crippen molar-refractivity contribution in [1.29, 1.82) is 0 Å². The van der Waals surface area contributed by atoms with Crippen molar-refractivity contribution in [2.75, 3.05) is 5.32 Å². The molecule has 0 spiro atoms. The van der Waals surface area contributed by atoms with E-state index in [0.29, 0.717) is 5.88 Å². The van der Waals surface area contributed by atoms with Gasteiger partial charge < -0.3 is 5.32 Å². The summed E-state index contributed by atoms with van der Waals surface area (Å²) in [5.74, 6) is 1.24. The molecule has 1 aromatic heterocycles. The van der Waals surface area contributed by atoms with E-state index in [4.69, 9.17) is 11.6 Å². The molecule has 2 rings (SSSR count). The monoisotopic (exact) mass is 233 g/mol. The number of hydrogen-bond donors (Lipinski definition) is 1. The first kappa shape index (κ1) is 10.9. The lowest BCUT2D eigenvalue weighted by molar-refractivity contribution is 0.986. The first-order chi connectivity index (χ1) is 7.78. The summed E-state index contributed by atoms with van der Waals surface area (Å²) in [6.07, 6.45) is 0. The molecule has 0 saturated heterocycles. The predicted octanol–water partition coefficient (Wildman–Crippen LogP) is 3.27. The Hall–Kier alpha value is -1.61.